The first-order chi connectivity index (χ1) is 11.3. The summed E-state index contributed by atoms with van der Waals surface area (Å²) in [7, 11) is -3.64. The van der Waals surface area contributed by atoms with Gasteiger partial charge in [-0.1, -0.05) is 13.3 Å². The molecule has 0 saturated carbocycles. The number of amides is 2. The zero-order chi connectivity index (χ0) is 17.7. The van der Waals surface area contributed by atoms with Gasteiger partial charge in [-0.15, -0.1) is 0 Å². The predicted octanol–water partition coefficient (Wildman–Crippen LogP) is 0.965. The number of rotatable bonds is 6. The summed E-state index contributed by atoms with van der Waals surface area (Å²) in [6.45, 7) is 4.04. The Morgan fingerprint density at radius 2 is 1.88 bits per heavy atom. The summed E-state index contributed by atoms with van der Waals surface area (Å²) in [6, 6.07) is 0.0188. The first-order valence-electron chi connectivity index (χ1n) is 8.42. The molecule has 24 heavy (non-hydrogen) atoms. The van der Waals surface area contributed by atoms with Gasteiger partial charge < -0.3 is 14.5 Å². The molecule has 2 rings (SSSR count). The molecule has 8 nitrogen and oxygen atoms in total. The number of hydrogen-bond donors (Lipinski definition) is 0. The Balaban J connectivity index is 1.80. The molecule has 9 heteroatoms. The molecule has 0 N–H and O–H groups in total. The number of hydrogen-bond acceptors (Lipinski definition) is 6. The lowest BCUT2D eigenvalue weighted by molar-refractivity contribution is -0.135. The van der Waals surface area contributed by atoms with Crippen molar-refractivity contribution in [1.82, 2.24) is 9.80 Å². The van der Waals surface area contributed by atoms with E-state index in [0.717, 1.165) is 19.1 Å². The molecule has 1 atom stereocenters. The molecule has 0 radical (unpaired) electrons. The van der Waals surface area contributed by atoms with Crippen LogP contribution in [0.1, 0.15) is 39.0 Å². The van der Waals surface area contributed by atoms with Crippen molar-refractivity contribution in [3.05, 3.63) is 0 Å². The lowest BCUT2D eigenvalue weighted by Gasteiger charge is -2.36. The van der Waals surface area contributed by atoms with Gasteiger partial charge in [-0.3, -0.25) is 8.98 Å². The van der Waals surface area contributed by atoms with Crippen LogP contribution in [0.2, 0.25) is 0 Å². The van der Waals surface area contributed by atoms with Crippen LogP contribution in [0, 0.1) is 0 Å². The second-order valence-corrected chi connectivity index (χ2v) is 7.90. The quantitative estimate of drug-likeness (QED) is 0.516. The monoisotopic (exact) mass is 362 g/mol. The molecule has 2 saturated heterocycles. The number of ether oxygens (including phenoxy) is 1. The fourth-order valence-corrected chi connectivity index (χ4v) is 3.69. The highest BCUT2D eigenvalue weighted by molar-refractivity contribution is 7.86. The molecule has 0 aromatic rings. The molecular formula is C15H26N2O6S. The van der Waals surface area contributed by atoms with Gasteiger partial charge in [0, 0.05) is 32.1 Å². The minimum absolute atomic E-state index is 0.0188. The third-order valence-electron chi connectivity index (χ3n) is 4.37. The topological polar surface area (TPSA) is 93.2 Å². The minimum Gasteiger partial charge on any atom is -0.449 e. The third-order valence-corrected chi connectivity index (χ3v) is 4.95. The van der Waals surface area contributed by atoms with E-state index in [2.05, 4.69) is 0 Å². The van der Waals surface area contributed by atoms with Gasteiger partial charge in [0.15, 0.2) is 6.10 Å². The van der Waals surface area contributed by atoms with Crippen LogP contribution in [0.5, 0.6) is 0 Å². The summed E-state index contributed by atoms with van der Waals surface area (Å²) in [5.74, 6) is -0.274. The largest absolute Gasteiger partial charge is 0.449 e. The van der Waals surface area contributed by atoms with Gasteiger partial charge in [-0.25, -0.2) is 4.79 Å². The van der Waals surface area contributed by atoms with Crippen molar-refractivity contribution in [1.29, 1.82) is 0 Å². The predicted molar refractivity (Wildman–Crippen MR) is 86.9 cm³/mol. The summed E-state index contributed by atoms with van der Waals surface area (Å²) >= 11 is 0. The van der Waals surface area contributed by atoms with Crippen LogP contribution >= 0.6 is 0 Å². The van der Waals surface area contributed by atoms with E-state index in [4.69, 9.17) is 8.92 Å². The SMILES string of the molecule is CCCCOC(=O)N1CCC(N2CCC(OS(C)(=O)=O)C2=O)CC1. The van der Waals surface area contributed by atoms with Crippen LogP contribution in [0.25, 0.3) is 0 Å². The lowest BCUT2D eigenvalue weighted by atomic mass is 10.0. The van der Waals surface area contributed by atoms with Crippen molar-refractivity contribution < 1.29 is 26.9 Å². The number of nitrogens with zero attached hydrogens (tertiary/aromatic N) is 2. The average Bonchev–Trinajstić information content (AvgIpc) is 2.87. The van der Waals surface area contributed by atoms with E-state index >= 15 is 0 Å². The van der Waals surface area contributed by atoms with E-state index in [1.54, 1.807) is 9.80 Å². The number of carbonyl (C=O) groups excluding carboxylic acids is 2. The zero-order valence-corrected chi connectivity index (χ0v) is 15.1. The third kappa shape index (κ3) is 5.07. The maximum absolute atomic E-state index is 12.3. The molecule has 2 aliphatic heterocycles. The number of carbonyl (C=O) groups is 2. The van der Waals surface area contributed by atoms with Crippen LogP contribution in [0.15, 0.2) is 0 Å². The number of piperidine rings is 1. The summed E-state index contributed by atoms with van der Waals surface area (Å²) in [4.78, 5) is 27.6. The zero-order valence-electron chi connectivity index (χ0n) is 14.3. The second kappa shape index (κ2) is 8.15. The molecule has 0 spiro atoms. The van der Waals surface area contributed by atoms with Crippen molar-refractivity contribution in [2.45, 2.75) is 51.2 Å². The van der Waals surface area contributed by atoms with Crippen LogP contribution in [-0.4, -0.2) is 74.9 Å². The summed E-state index contributed by atoms with van der Waals surface area (Å²) in [5, 5.41) is 0. The van der Waals surface area contributed by atoms with Gasteiger partial charge in [-0.2, -0.15) is 8.42 Å². The smallest absolute Gasteiger partial charge is 0.409 e. The van der Waals surface area contributed by atoms with Crippen molar-refractivity contribution in [2.75, 3.05) is 32.5 Å². The first-order valence-corrected chi connectivity index (χ1v) is 10.2. The van der Waals surface area contributed by atoms with Crippen LogP contribution < -0.4 is 0 Å². The summed E-state index contributed by atoms with van der Waals surface area (Å²) in [5.41, 5.74) is 0. The van der Waals surface area contributed by atoms with Gasteiger partial charge in [0.2, 0.25) is 0 Å². The number of likely N-dealkylation sites (tertiary alicyclic amines) is 2. The Morgan fingerprint density at radius 3 is 2.46 bits per heavy atom. The maximum Gasteiger partial charge on any atom is 0.409 e. The molecule has 138 valence electrons. The molecule has 0 aromatic heterocycles. The molecule has 2 amide bonds. The average molecular weight is 362 g/mol. The molecule has 0 bridgehead atoms. The van der Waals surface area contributed by atoms with Gasteiger partial charge in [0.1, 0.15) is 0 Å². The Kier molecular flexibility index (Phi) is 6.45. The van der Waals surface area contributed by atoms with E-state index in [9.17, 15) is 18.0 Å². The van der Waals surface area contributed by atoms with Crippen molar-refractivity contribution >= 4 is 22.1 Å². The first kappa shape index (κ1) is 19.0. The van der Waals surface area contributed by atoms with Gasteiger partial charge in [0.25, 0.3) is 16.0 Å². The van der Waals surface area contributed by atoms with E-state index in [1.165, 1.54) is 0 Å². The fourth-order valence-electron chi connectivity index (χ4n) is 3.09. The fraction of sp³-hybridized carbons (Fsp3) is 0.867. The highest BCUT2D eigenvalue weighted by Gasteiger charge is 2.39. The van der Waals surface area contributed by atoms with Gasteiger partial charge >= 0.3 is 6.09 Å². The Labute approximate surface area is 143 Å². The Morgan fingerprint density at radius 1 is 1.21 bits per heavy atom. The highest BCUT2D eigenvalue weighted by atomic mass is 32.2. The molecule has 0 aliphatic carbocycles. The molecule has 2 aliphatic rings. The maximum atomic E-state index is 12.3. The molecule has 2 heterocycles. The van der Waals surface area contributed by atoms with Crippen molar-refractivity contribution in [3.8, 4) is 0 Å². The van der Waals surface area contributed by atoms with E-state index in [-0.39, 0.29) is 18.0 Å². The van der Waals surface area contributed by atoms with E-state index in [1.807, 2.05) is 6.92 Å². The standard InChI is InChI=1S/C15H26N2O6S/c1-3-4-11-22-15(19)16-8-5-12(6-9-16)17-10-7-13(14(17)18)23-24(2,20)21/h12-13H,3-11H2,1-2H3. The Bertz CT molecular complexity index is 556. The van der Waals surface area contributed by atoms with Crippen molar-refractivity contribution in [2.24, 2.45) is 0 Å². The summed E-state index contributed by atoms with van der Waals surface area (Å²) in [6.07, 6.45) is 3.29. The van der Waals surface area contributed by atoms with E-state index < -0.39 is 16.2 Å². The van der Waals surface area contributed by atoms with E-state index in [0.29, 0.717) is 45.5 Å². The Hall–Kier alpha value is -1.35. The van der Waals surface area contributed by atoms with Crippen LogP contribution in [-0.2, 0) is 23.8 Å². The number of unbranched alkanes of at least 4 members (excludes halogenated alkanes) is 1. The molecule has 0 aromatic carbocycles. The van der Waals surface area contributed by atoms with Crippen LogP contribution in [0.3, 0.4) is 0 Å². The lowest BCUT2D eigenvalue weighted by Crippen LogP contribution is -2.48. The molecular weight excluding hydrogens is 336 g/mol. The minimum atomic E-state index is -3.64. The second-order valence-electron chi connectivity index (χ2n) is 6.30. The van der Waals surface area contributed by atoms with Gasteiger partial charge in [0.05, 0.1) is 12.9 Å². The van der Waals surface area contributed by atoms with Gasteiger partial charge in [-0.05, 0) is 19.3 Å². The normalized spacial score (nSPS) is 22.9. The molecule has 1 unspecified atom stereocenters. The molecule has 2 fully saturated rings. The summed E-state index contributed by atoms with van der Waals surface area (Å²) < 4.78 is 32.4. The highest BCUT2D eigenvalue weighted by Crippen LogP contribution is 2.24. The van der Waals surface area contributed by atoms with Crippen LogP contribution in [0.4, 0.5) is 4.79 Å². The van der Waals surface area contributed by atoms with Crippen molar-refractivity contribution in [3.63, 3.8) is 0 Å².